The Morgan fingerprint density at radius 2 is 1.82 bits per heavy atom. The fourth-order valence-corrected chi connectivity index (χ4v) is 5.85. The van der Waals surface area contributed by atoms with E-state index in [0.29, 0.717) is 11.6 Å². The van der Waals surface area contributed by atoms with Crippen molar-refractivity contribution in [3.05, 3.63) is 35.4 Å². The fraction of sp³-hybridized carbons (Fsp3) is 0.643. The van der Waals surface area contributed by atoms with E-state index in [-0.39, 0.29) is 23.8 Å². The molecule has 0 radical (unpaired) electrons. The Morgan fingerprint density at radius 1 is 1.13 bits per heavy atom. The molecule has 2 aliphatic rings. The number of nitrogens with zero attached hydrogens (tertiary/aromatic N) is 2. The summed E-state index contributed by atoms with van der Waals surface area (Å²) in [5, 5.41) is 6.01. The van der Waals surface area contributed by atoms with Gasteiger partial charge in [0, 0.05) is 12.8 Å². The van der Waals surface area contributed by atoms with Crippen molar-refractivity contribution in [2.75, 3.05) is 18.7 Å². The molecule has 0 unspecified atom stereocenters. The lowest BCUT2D eigenvalue weighted by atomic mass is 9.87. The molecule has 1 aromatic carbocycles. The third kappa shape index (κ3) is 7.21. The number of rotatable bonds is 7. The lowest BCUT2D eigenvalue weighted by Crippen LogP contribution is -2.58. The molecule has 0 aromatic heterocycles. The van der Waals surface area contributed by atoms with Crippen molar-refractivity contribution in [2.45, 2.75) is 90.6 Å². The van der Waals surface area contributed by atoms with Crippen molar-refractivity contribution in [2.24, 2.45) is 5.92 Å². The Labute approximate surface area is 230 Å². The largest absolute Gasteiger partial charge is 0.444 e. The third-order valence-electron chi connectivity index (χ3n) is 7.03. The van der Waals surface area contributed by atoms with E-state index in [9.17, 15) is 19.2 Å². The maximum Gasteiger partial charge on any atom is 0.410 e. The van der Waals surface area contributed by atoms with Gasteiger partial charge < -0.3 is 20.3 Å². The summed E-state index contributed by atoms with van der Waals surface area (Å²) in [6.07, 6.45) is 2.25. The molecule has 0 bridgehead atoms. The van der Waals surface area contributed by atoms with Gasteiger partial charge in [0.25, 0.3) is 0 Å². The maximum absolute atomic E-state index is 13.7. The highest BCUT2D eigenvalue weighted by Crippen LogP contribution is 2.31. The van der Waals surface area contributed by atoms with Crippen molar-refractivity contribution in [1.29, 1.82) is 0 Å². The Kier molecular flexibility index (Phi) is 9.73. The smallest absolute Gasteiger partial charge is 0.410 e. The highest BCUT2D eigenvalue weighted by molar-refractivity contribution is 7.99. The Morgan fingerprint density at radius 3 is 2.47 bits per heavy atom. The van der Waals surface area contributed by atoms with Gasteiger partial charge in [-0.2, -0.15) is 0 Å². The first kappa shape index (κ1) is 29.8. The third-order valence-corrected chi connectivity index (χ3v) is 8.04. The van der Waals surface area contributed by atoms with E-state index < -0.39 is 35.7 Å². The summed E-state index contributed by atoms with van der Waals surface area (Å²) in [4.78, 5) is 55.3. The average molecular weight is 547 g/mol. The number of carbonyl (C=O) groups excluding carboxylic acids is 4. The molecular formula is C28H42N4O5S. The minimum Gasteiger partial charge on any atom is -0.444 e. The van der Waals surface area contributed by atoms with E-state index in [0.717, 1.165) is 24.8 Å². The van der Waals surface area contributed by atoms with Crippen molar-refractivity contribution in [1.82, 2.24) is 20.4 Å². The van der Waals surface area contributed by atoms with Gasteiger partial charge in [0.1, 0.15) is 23.7 Å². The molecule has 9 nitrogen and oxygen atoms in total. The van der Waals surface area contributed by atoms with Crippen LogP contribution in [0, 0.1) is 5.92 Å². The van der Waals surface area contributed by atoms with Crippen LogP contribution in [0.2, 0.25) is 0 Å². The van der Waals surface area contributed by atoms with Crippen LogP contribution in [-0.4, -0.2) is 76.0 Å². The van der Waals surface area contributed by atoms with Crippen LogP contribution < -0.4 is 10.6 Å². The number of nitrogens with one attached hydrogen (secondary N) is 2. The number of benzene rings is 1. The number of fused-ring (bicyclic) bond motifs is 1. The van der Waals surface area contributed by atoms with Crippen molar-refractivity contribution in [3.8, 4) is 0 Å². The quantitative estimate of drug-likeness (QED) is 0.542. The monoisotopic (exact) mass is 546 g/mol. The molecule has 1 heterocycles. The van der Waals surface area contributed by atoms with Crippen LogP contribution in [0.5, 0.6) is 0 Å². The van der Waals surface area contributed by atoms with Gasteiger partial charge in [0.15, 0.2) is 0 Å². The van der Waals surface area contributed by atoms with Gasteiger partial charge in [-0.15, -0.1) is 11.8 Å². The van der Waals surface area contributed by atoms with Gasteiger partial charge in [0.05, 0.1) is 11.9 Å². The summed E-state index contributed by atoms with van der Waals surface area (Å²) >= 11 is 1.53. The number of ether oxygens (including phenoxy) is 1. The van der Waals surface area contributed by atoms with Gasteiger partial charge in [0.2, 0.25) is 17.7 Å². The van der Waals surface area contributed by atoms with Gasteiger partial charge in [-0.3, -0.25) is 19.3 Å². The Balaban J connectivity index is 1.67. The van der Waals surface area contributed by atoms with E-state index in [2.05, 4.69) is 22.8 Å². The SMILES string of the molecule is CC(C)[C@H](NC(=O)[C@H](C)N(C)C(=O)OC(C)(C)C)C(=O)N1CSC[C@H]1C(=O)N[C@@H]1CCCc2ccccc21. The summed E-state index contributed by atoms with van der Waals surface area (Å²) in [5.74, 6) is -0.263. The van der Waals surface area contributed by atoms with E-state index >= 15 is 0 Å². The second kappa shape index (κ2) is 12.4. The zero-order valence-electron chi connectivity index (χ0n) is 23.6. The molecule has 2 N–H and O–H groups in total. The lowest BCUT2D eigenvalue weighted by Gasteiger charge is -2.33. The molecule has 4 amide bonds. The molecule has 1 aliphatic carbocycles. The number of thioether (sulfide) groups is 1. The average Bonchev–Trinajstić information content (AvgIpc) is 3.35. The second-order valence-corrected chi connectivity index (χ2v) is 12.5. The summed E-state index contributed by atoms with van der Waals surface area (Å²) in [6, 6.07) is 5.81. The van der Waals surface area contributed by atoms with Crippen LogP contribution in [0.15, 0.2) is 24.3 Å². The summed E-state index contributed by atoms with van der Waals surface area (Å²) in [5.41, 5.74) is 1.71. The molecule has 210 valence electrons. The molecule has 0 saturated carbocycles. The zero-order valence-corrected chi connectivity index (χ0v) is 24.4. The second-order valence-electron chi connectivity index (χ2n) is 11.5. The molecule has 38 heavy (non-hydrogen) atoms. The normalized spacial score (nSPS) is 20.8. The van der Waals surface area contributed by atoms with Crippen molar-refractivity contribution >= 4 is 35.6 Å². The Hall–Kier alpha value is -2.75. The first-order valence-corrected chi connectivity index (χ1v) is 14.5. The molecule has 0 spiro atoms. The van der Waals surface area contributed by atoms with Crippen LogP contribution in [0.4, 0.5) is 4.79 Å². The van der Waals surface area contributed by atoms with Crippen LogP contribution >= 0.6 is 11.8 Å². The Bertz CT molecular complexity index is 1040. The summed E-state index contributed by atoms with van der Waals surface area (Å²) in [7, 11) is 1.49. The van der Waals surface area contributed by atoms with E-state index in [4.69, 9.17) is 4.74 Å². The van der Waals surface area contributed by atoms with Crippen LogP contribution in [0.25, 0.3) is 0 Å². The topological polar surface area (TPSA) is 108 Å². The number of amides is 4. The van der Waals surface area contributed by atoms with Crippen LogP contribution in [-0.2, 0) is 25.5 Å². The lowest BCUT2D eigenvalue weighted by molar-refractivity contribution is -0.142. The first-order chi connectivity index (χ1) is 17.8. The molecule has 3 rings (SSSR count). The predicted octanol–water partition coefficient (Wildman–Crippen LogP) is 3.48. The van der Waals surface area contributed by atoms with Gasteiger partial charge in [-0.05, 0) is 64.0 Å². The van der Waals surface area contributed by atoms with Crippen molar-refractivity contribution in [3.63, 3.8) is 0 Å². The molecule has 1 aromatic rings. The van der Waals surface area contributed by atoms with Crippen molar-refractivity contribution < 1.29 is 23.9 Å². The van der Waals surface area contributed by atoms with Crippen LogP contribution in [0.1, 0.15) is 71.6 Å². The molecule has 1 fully saturated rings. The number of aryl methyl sites for hydroxylation is 1. The number of likely N-dealkylation sites (N-methyl/N-ethyl adjacent to an activating group) is 1. The van der Waals surface area contributed by atoms with E-state index in [1.165, 1.54) is 29.3 Å². The predicted molar refractivity (Wildman–Crippen MR) is 148 cm³/mol. The maximum atomic E-state index is 13.7. The van der Waals surface area contributed by atoms with Crippen LogP contribution in [0.3, 0.4) is 0 Å². The summed E-state index contributed by atoms with van der Waals surface area (Å²) in [6.45, 7) is 10.6. The fourth-order valence-electron chi connectivity index (χ4n) is 4.68. The minimum absolute atomic E-state index is 0.0696. The molecule has 1 saturated heterocycles. The molecule has 4 atom stereocenters. The highest BCUT2D eigenvalue weighted by Gasteiger charge is 2.40. The molecular weight excluding hydrogens is 504 g/mol. The van der Waals surface area contributed by atoms with Gasteiger partial charge in [-0.25, -0.2) is 4.79 Å². The van der Waals surface area contributed by atoms with Gasteiger partial charge >= 0.3 is 6.09 Å². The highest BCUT2D eigenvalue weighted by atomic mass is 32.2. The zero-order chi connectivity index (χ0) is 28.2. The number of hydrogen-bond donors (Lipinski definition) is 2. The molecule has 1 aliphatic heterocycles. The van der Waals surface area contributed by atoms with E-state index in [1.807, 2.05) is 26.0 Å². The summed E-state index contributed by atoms with van der Waals surface area (Å²) < 4.78 is 5.36. The minimum atomic E-state index is -0.850. The number of hydrogen-bond acceptors (Lipinski definition) is 6. The molecule has 10 heteroatoms. The first-order valence-electron chi connectivity index (χ1n) is 13.3. The van der Waals surface area contributed by atoms with E-state index in [1.54, 1.807) is 32.6 Å². The number of carbonyl (C=O) groups is 4. The van der Waals surface area contributed by atoms with Gasteiger partial charge in [-0.1, -0.05) is 38.1 Å². The standard InChI is InChI=1S/C28H42N4O5S/c1-17(2)23(30-24(33)18(3)31(7)27(36)37-28(4,5)6)26(35)32-16-38-15-22(32)25(34)29-21-14-10-12-19-11-8-9-13-20(19)21/h8-9,11,13,17-18,21-23H,10,12,14-16H2,1-7H3,(H,29,34)(H,30,33)/t18-,21+,22-,23-/m0/s1.